The van der Waals surface area contributed by atoms with E-state index in [0.717, 1.165) is 0 Å². The Balaban J connectivity index is 2.00. The molecule has 3 aromatic carbocycles. The number of hydrogen-bond donors (Lipinski definition) is 2. The van der Waals surface area contributed by atoms with E-state index < -0.39 is 20.1 Å². The van der Waals surface area contributed by atoms with Gasteiger partial charge in [-0.1, -0.05) is 12.1 Å². The summed E-state index contributed by atoms with van der Waals surface area (Å²) in [7, 11) is -8.58. The SMILES string of the molecule is NS(=O)(=O)c1cc2c3c(cc(S(=O)(=O)O)cc3c1)-c1nc3ccccc3nc1-2. The molecule has 1 aromatic heterocycles. The van der Waals surface area contributed by atoms with Gasteiger partial charge < -0.3 is 0 Å². The summed E-state index contributed by atoms with van der Waals surface area (Å²) in [6.07, 6.45) is 0. The van der Waals surface area contributed by atoms with Crippen LogP contribution in [0.4, 0.5) is 0 Å². The number of hydrogen-bond acceptors (Lipinski definition) is 6. The molecular formula is C18H11N3O5S2. The Kier molecular flexibility index (Phi) is 3.27. The molecule has 0 atom stereocenters. The topological polar surface area (TPSA) is 140 Å². The van der Waals surface area contributed by atoms with Crippen molar-refractivity contribution in [2.75, 3.05) is 0 Å². The Morgan fingerprint density at radius 2 is 1.29 bits per heavy atom. The second-order valence-electron chi connectivity index (χ2n) is 6.47. The molecule has 10 heteroatoms. The van der Waals surface area contributed by atoms with Crippen molar-refractivity contribution in [2.24, 2.45) is 5.14 Å². The zero-order chi connectivity index (χ0) is 19.8. The van der Waals surface area contributed by atoms with Crippen molar-refractivity contribution >= 4 is 41.9 Å². The fraction of sp³-hybridized carbons (Fsp3) is 0. The molecule has 1 aliphatic carbocycles. The average Bonchev–Trinajstić information content (AvgIpc) is 2.93. The Morgan fingerprint density at radius 1 is 0.786 bits per heavy atom. The van der Waals surface area contributed by atoms with Crippen molar-refractivity contribution in [3.8, 4) is 22.5 Å². The summed E-state index contributed by atoms with van der Waals surface area (Å²) in [5.74, 6) is 0. The maximum absolute atomic E-state index is 11.9. The van der Waals surface area contributed by atoms with Gasteiger partial charge >= 0.3 is 0 Å². The van der Waals surface area contributed by atoms with Gasteiger partial charge in [-0.2, -0.15) is 8.42 Å². The molecule has 4 aromatic rings. The van der Waals surface area contributed by atoms with Crippen molar-refractivity contribution < 1.29 is 21.4 Å². The zero-order valence-corrected chi connectivity index (χ0v) is 15.6. The third-order valence-corrected chi connectivity index (χ3v) is 6.43. The summed E-state index contributed by atoms with van der Waals surface area (Å²) in [6, 6.07) is 12.3. The second kappa shape index (κ2) is 5.32. The Hall–Kier alpha value is -2.92. The number of aromatic nitrogens is 2. The van der Waals surface area contributed by atoms with Gasteiger partial charge in [0.05, 0.1) is 32.2 Å². The van der Waals surface area contributed by atoms with E-state index in [1.165, 1.54) is 24.3 Å². The number of nitrogens with zero attached hydrogens (tertiary/aromatic N) is 2. The first-order valence-corrected chi connectivity index (χ1v) is 11.0. The van der Waals surface area contributed by atoms with Crippen molar-refractivity contribution in [3.63, 3.8) is 0 Å². The molecule has 0 saturated carbocycles. The molecule has 140 valence electrons. The minimum atomic E-state index is -4.53. The molecule has 0 aliphatic heterocycles. The van der Waals surface area contributed by atoms with Crippen LogP contribution in [0.5, 0.6) is 0 Å². The molecule has 3 N–H and O–H groups in total. The minimum Gasteiger partial charge on any atom is -0.282 e. The first-order valence-electron chi connectivity index (χ1n) is 8.02. The number of sulfonamides is 1. The molecule has 1 aliphatic rings. The lowest BCUT2D eigenvalue weighted by molar-refractivity contribution is 0.483. The third kappa shape index (κ3) is 2.43. The summed E-state index contributed by atoms with van der Waals surface area (Å²) < 4.78 is 56.9. The molecule has 0 spiro atoms. The summed E-state index contributed by atoms with van der Waals surface area (Å²) in [4.78, 5) is 8.64. The summed E-state index contributed by atoms with van der Waals surface area (Å²) in [6.45, 7) is 0. The van der Waals surface area contributed by atoms with Crippen LogP contribution in [-0.4, -0.2) is 31.4 Å². The van der Waals surface area contributed by atoms with Crippen LogP contribution in [0.25, 0.3) is 44.3 Å². The van der Waals surface area contributed by atoms with Crippen LogP contribution >= 0.6 is 0 Å². The molecule has 0 bridgehead atoms. The summed E-state index contributed by atoms with van der Waals surface area (Å²) in [5.41, 5.74) is 3.00. The van der Waals surface area contributed by atoms with Crippen LogP contribution in [0.1, 0.15) is 0 Å². The van der Waals surface area contributed by atoms with Gasteiger partial charge in [0.1, 0.15) is 0 Å². The molecule has 0 amide bonds. The molecule has 5 rings (SSSR count). The lowest BCUT2D eigenvalue weighted by Crippen LogP contribution is -2.12. The maximum Gasteiger partial charge on any atom is 0.294 e. The fourth-order valence-corrected chi connectivity index (χ4v) is 4.64. The van der Waals surface area contributed by atoms with Gasteiger partial charge in [-0.05, 0) is 41.8 Å². The van der Waals surface area contributed by atoms with Gasteiger partial charge in [0.25, 0.3) is 10.1 Å². The van der Waals surface area contributed by atoms with E-state index in [4.69, 9.17) is 5.14 Å². The molecule has 0 saturated heterocycles. The normalized spacial score (nSPS) is 13.2. The van der Waals surface area contributed by atoms with E-state index >= 15 is 0 Å². The van der Waals surface area contributed by atoms with E-state index in [2.05, 4.69) is 9.97 Å². The number of fused-ring (bicyclic) bond motifs is 4. The second-order valence-corrected chi connectivity index (χ2v) is 9.45. The number of benzene rings is 3. The standard InChI is InChI=1S/C18H11N3O5S2/c19-27(22,23)10-5-9-6-11(28(24,25)26)8-13-16(9)12(7-10)17-18(13)21-15-4-2-1-3-14(15)20-17/h1-8H,(H2,19,22,23)(H,24,25,26). The predicted octanol–water partition coefficient (Wildman–Crippen LogP) is 2.32. The van der Waals surface area contributed by atoms with Crippen molar-refractivity contribution in [1.82, 2.24) is 9.97 Å². The van der Waals surface area contributed by atoms with Crippen LogP contribution in [-0.2, 0) is 20.1 Å². The molecular weight excluding hydrogens is 402 g/mol. The van der Waals surface area contributed by atoms with Crippen molar-refractivity contribution in [1.29, 1.82) is 0 Å². The highest BCUT2D eigenvalue weighted by atomic mass is 32.2. The Labute approximate surface area is 159 Å². The van der Waals surface area contributed by atoms with E-state index in [1.54, 1.807) is 24.3 Å². The van der Waals surface area contributed by atoms with Gasteiger partial charge in [-0.15, -0.1) is 0 Å². The largest absolute Gasteiger partial charge is 0.294 e. The number of nitrogens with two attached hydrogens (primary N) is 1. The van der Waals surface area contributed by atoms with E-state index in [-0.39, 0.29) is 9.79 Å². The highest BCUT2D eigenvalue weighted by molar-refractivity contribution is 7.89. The molecule has 0 fully saturated rings. The van der Waals surface area contributed by atoms with Crippen LogP contribution in [0.3, 0.4) is 0 Å². The van der Waals surface area contributed by atoms with E-state index in [1.807, 2.05) is 0 Å². The monoisotopic (exact) mass is 413 g/mol. The van der Waals surface area contributed by atoms with E-state index in [9.17, 15) is 21.4 Å². The molecule has 8 nitrogen and oxygen atoms in total. The van der Waals surface area contributed by atoms with Gasteiger partial charge in [-0.3, -0.25) is 4.55 Å². The first kappa shape index (κ1) is 17.2. The quantitative estimate of drug-likeness (QED) is 0.423. The minimum absolute atomic E-state index is 0.184. The van der Waals surface area contributed by atoms with Crippen molar-refractivity contribution in [3.05, 3.63) is 48.5 Å². The van der Waals surface area contributed by atoms with Gasteiger partial charge in [-0.25, -0.2) is 23.5 Å². The Morgan fingerprint density at radius 3 is 1.79 bits per heavy atom. The van der Waals surface area contributed by atoms with Crippen LogP contribution < -0.4 is 5.14 Å². The van der Waals surface area contributed by atoms with Crippen LogP contribution in [0.2, 0.25) is 0 Å². The van der Waals surface area contributed by atoms with Gasteiger partial charge in [0.15, 0.2) is 0 Å². The van der Waals surface area contributed by atoms with Gasteiger partial charge in [0.2, 0.25) is 10.0 Å². The number of para-hydroxylation sites is 2. The average molecular weight is 413 g/mol. The molecule has 1 heterocycles. The smallest absolute Gasteiger partial charge is 0.282 e. The van der Waals surface area contributed by atoms with E-state index in [0.29, 0.717) is 44.3 Å². The van der Waals surface area contributed by atoms with Crippen LogP contribution in [0.15, 0.2) is 58.3 Å². The molecule has 0 radical (unpaired) electrons. The Bertz CT molecular complexity index is 1450. The third-order valence-electron chi connectivity index (χ3n) is 4.70. The highest BCUT2D eigenvalue weighted by Gasteiger charge is 2.29. The highest BCUT2D eigenvalue weighted by Crippen LogP contribution is 2.47. The van der Waals surface area contributed by atoms with Crippen molar-refractivity contribution in [2.45, 2.75) is 9.79 Å². The number of rotatable bonds is 2. The molecule has 0 unspecified atom stereocenters. The van der Waals surface area contributed by atoms with Crippen LogP contribution in [0, 0.1) is 0 Å². The van der Waals surface area contributed by atoms with Gasteiger partial charge in [0, 0.05) is 16.5 Å². The molecule has 28 heavy (non-hydrogen) atoms. The predicted molar refractivity (Wildman–Crippen MR) is 103 cm³/mol. The lowest BCUT2D eigenvalue weighted by Gasteiger charge is -2.07. The fourth-order valence-electron chi connectivity index (χ4n) is 3.52. The first-order chi connectivity index (χ1) is 13.1. The summed E-state index contributed by atoms with van der Waals surface area (Å²) in [5, 5.41) is 6.19. The maximum atomic E-state index is 11.9. The number of primary sulfonamides is 1. The zero-order valence-electron chi connectivity index (χ0n) is 14.0. The lowest BCUT2D eigenvalue weighted by atomic mass is 10.0. The summed E-state index contributed by atoms with van der Waals surface area (Å²) >= 11 is 0.